The van der Waals surface area contributed by atoms with E-state index in [-0.39, 0.29) is 50.5 Å². The first-order valence-electron chi connectivity index (χ1n) is 28.1. The third-order valence-electron chi connectivity index (χ3n) is 15.6. The summed E-state index contributed by atoms with van der Waals surface area (Å²) in [6, 6.07) is 14.4. The lowest BCUT2D eigenvalue weighted by Gasteiger charge is -2.46. The smallest absolute Gasteiger partial charge is 0.407 e. The number of rotatable bonds is 6. The Balaban J connectivity index is 1.18. The number of hydrogen-bond donors (Lipinski definition) is 11. The van der Waals surface area contributed by atoms with Crippen LogP contribution in [0.4, 0.5) is 4.79 Å². The van der Waals surface area contributed by atoms with E-state index in [1.54, 1.807) is 63.3 Å². The first kappa shape index (κ1) is 64.7. The maximum Gasteiger partial charge on any atom is 0.407 e. The number of aliphatic hydroxyl groups excluding tert-OH is 9. The fraction of sp³-hybridized carbons (Fsp3) is 0.524. The zero-order chi connectivity index (χ0) is 58.8. The molecule has 2 aromatic carbocycles. The molecule has 0 unspecified atom stereocenters. The number of aliphatic hydroxyl groups is 10. The highest BCUT2D eigenvalue weighted by atomic mass is 16.7. The molecule has 18 heteroatoms. The number of esters is 1. The molecule has 3 heterocycles. The first-order valence-corrected chi connectivity index (χ1v) is 28.1. The summed E-state index contributed by atoms with van der Waals surface area (Å²) in [5.74, 6) is -4.65. The summed E-state index contributed by atoms with van der Waals surface area (Å²) < 4.78 is 30.0. The van der Waals surface area contributed by atoms with E-state index < -0.39 is 141 Å². The molecule has 19 atom stereocenters. The molecule has 6 rings (SSSR count). The van der Waals surface area contributed by atoms with Crippen molar-refractivity contribution in [3.05, 3.63) is 157 Å². The number of alkyl carbamates (subject to hydrolysis) is 1. The topological polar surface area (TPSA) is 295 Å². The van der Waals surface area contributed by atoms with Crippen LogP contribution in [0.2, 0.25) is 0 Å². The van der Waals surface area contributed by atoms with Crippen molar-refractivity contribution in [2.45, 2.75) is 182 Å². The molecule has 3 aliphatic heterocycles. The average molecular weight is 1130 g/mol. The maximum atomic E-state index is 13.5. The van der Waals surface area contributed by atoms with Crippen LogP contribution in [0.15, 0.2) is 146 Å². The zero-order valence-electron chi connectivity index (χ0n) is 46.6. The molecule has 444 valence electrons. The van der Waals surface area contributed by atoms with Gasteiger partial charge in [0.05, 0.1) is 73.5 Å². The minimum absolute atomic E-state index is 0.0148. The highest BCUT2D eigenvalue weighted by molar-refractivity contribution is 5.79. The number of allylic oxidation sites excluding steroid dienone is 12. The number of benzene rings is 2. The minimum atomic E-state index is -2.17. The van der Waals surface area contributed by atoms with Gasteiger partial charge in [-0.15, -0.1) is 6.58 Å². The van der Waals surface area contributed by atoms with Crippen LogP contribution in [-0.4, -0.2) is 167 Å². The number of fused-ring (bicyclic) bond motifs is 5. The van der Waals surface area contributed by atoms with Gasteiger partial charge in [-0.25, -0.2) is 4.79 Å². The lowest BCUT2D eigenvalue weighted by molar-refractivity contribution is -0.306. The van der Waals surface area contributed by atoms with Crippen molar-refractivity contribution in [1.29, 1.82) is 0 Å². The standard InChI is InChI=1S/C63H85NO17/c1-6-46-54(70)36-63(76)35-44(67)32-53(69)52(68)30-29-42(65)31-43(66)33-56(71)78-40(4)39(3)58(72)38(2)23-17-15-13-11-9-7-8-10-12-14-16-18-24-45(34-55(46)81-63)80-61-60(74)57(59(73)41(5)79-61)64-62(75)77-37-51-49-27-21-19-25-47(49)48-26-20-22-28-50(48)51/h6-28,38-46,51-55,57-61,65-70,72-74,76H,1,29-37H2,2-5H3,(H,64,75)/b8-7+,11-9+,12-10+,15-13+,16-14+,23-17+,24-18+/t38-,39-,40-,41+,42+,43+,44-,45-,46+,52+,53+,54-,55-,57-,58+,59+,60-,61-,63+/m0/s1. The number of carbonyl (C=O) groups is 2. The second-order valence-corrected chi connectivity index (χ2v) is 21.9. The van der Waals surface area contributed by atoms with Gasteiger partial charge < -0.3 is 80.1 Å². The maximum absolute atomic E-state index is 13.5. The second-order valence-electron chi connectivity index (χ2n) is 21.9. The van der Waals surface area contributed by atoms with Gasteiger partial charge in [-0.3, -0.25) is 4.79 Å². The molecule has 0 saturated carbocycles. The lowest BCUT2D eigenvalue weighted by atomic mass is 9.82. The van der Waals surface area contributed by atoms with Gasteiger partial charge in [0.15, 0.2) is 12.1 Å². The Bertz CT molecular complexity index is 2500. The Morgan fingerprint density at radius 3 is 1.85 bits per heavy atom. The molecule has 2 fully saturated rings. The molecule has 0 spiro atoms. The minimum Gasteiger partial charge on any atom is -0.462 e. The number of nitrogens with one attached hydrogen (secondary N) is 1. The zero-order valence-corrected chi connectivity index (χ0v) is 46.6. The quantitative estimate of drug-likeness (QED) is 0.128. The Morgan fingerprint density at radius 2 is 1.25 bits per heavy atom. The Kier molecular flexibility index (Phi) is 25.0. The monoisotopic (exact) mass is 1130 g/mol. The van der Waals surface area contributed by atoms with E-state index in [9.17, 15) is 60.7 Å². The number of hydrogen-bond acceptors (Lipinski definition) is 17. The molecule has 2 aromatic rings. The van der Waals surface area contributed by atoms with Crippen LogP contribution in [0.5, 0.6) is 0 Å². The van der Waals surface area contributed by atoms with Crippen LogP contribution in [0.1, 0.15) is 96.1 Å². The molecule has 18 nitrogen and oxygen atoms in total. The van der Waals surface area contributed by atoms with Crippen LogP contribution in [-0.2, 0) is 28.5 Å². The van der Waals surface area contributed by atoms with Crippen LogP contribution in [0.25, 0.3) is 11.1 Å². The molecular formula is C63H85NO17. The van der Waals surface area contributed by atoms with E-state index in [0.29, 0.717) is 0 Å². The number of amides is 1. The van der Waals surface area contributed by atoms with Crippen molar-refractivity contribution in [1.82, 2.24) is 5.32 Å². The van der Waals surface area contributed by atoms with Gasteiger partial charge in [-0.05, 0) is 55.4 Å². The molecule has 2 saturated heterocycles. The van der Waals surface area contributed by atoms with Gasteiger partial charge in [-0.1, -0.05) is 154 Å². The van der Waals surface area contributed by atoms with Crippen molar-refractivity contribution < 1.29 is 84.3 Å². The summed E-state index contributed by atoms with van der Waals surface area (Å²) in [5, 5.41) is 114. The van der Waals surface area contributed by atoms with Crippen molar-refractivity contribution in [3.63, 3.8) is 0 Å². The van der Waals surface area contributed by atoms with Gasteiger partial charge in [-0.2, -0.15) is 0 Å². The van der Waals surface area contributed by atoms with Crippen LogP contribution < -0.4 is 5.32 Å². The Labute approximate surface area is 475 Å². The first-order chi connectivity index (χ1) is 38.7. The fourth-order valence-corrected chi connectivity index (χ4v) is 10.9. The highest BCUT2D eigenvalue weighted by Crippen LogP contribution is 2.45. The molecule has 11 N–H and O–H groups in total. The van der Waals surface area contributed by atoms with E-state index >= 15 is 0 Å². The second kappa shape index (κ2) is 31.3. The molecule has 81 heavy (non-hydrogen) atoms. The summed E-state index contributed by atoms with van der Waals surface area (Å²) in [7, 11) is 0. The third-order valence-corrected chi connectivity index (χ3v) is 15.6. The normalized spacial score (nSPS) is 39.3. The van der Waals surface area contributed by atoms with E-state index in [2.05, 4.69) is 11.9 Å². The highest BCUT2D eigenvalue weighted by Gasteiger charge is 2.49. The summed E-state index contributed by atoms with van der Waals surface area (Å²) >= 11 is 0. The average Bonchev–Trinajstić information content (AvgIpc) is 3.78. The SMILES string of the molecule is C=C[C@H]1[C@@H]2C[C@@H](O[C@@H]3O[C@H](C)[C@@H](O)[C@H](NC(=O)OCC4c5ccccc5-c5ccccc54)[C@@H]3O)/C=C/C=C/C=C/C=C/C=C/C=C/C=C/[C@H](C)[C@@H](O)[C@@H](C)[C@H](C)OC(=O)C[C@H](O)C[C@H](O)CC[C@@H](O)[C@H](O)C[C@H](O)C[C@](O)(C[C@@H]1O)O2. The van der Waals surface area contributed by atoms with Gasteiger partial charge in [0, 0.05) is 49.4 Å². The molecule has 1 amide bonds. The Hall–Kier alpha value is -5.42. The summed E-state index contributed by atoms with van der Waals surface area (Å²) in [4.78, 5) is 26.2. The van der Waals surface area contributed by atoms with Crippen LogP contribution in [0, 0.1) is 17.8 Å². The molecule has 0 radical (unpaired) electrons. The summed E-state index contributed by atoms with van der Waals surface area (Å²) in [5.41, 5.74) is 4.10. The van der Waals surface area contributed by atoms with Gasteiger partial charge in [0.2, 0.25) is 0 Å². The number of ether oxygens (including phenoxy) is 5. The third kappa shape index (κ3) is 18.8. The molecule has 2 bridgehead atoms. The van der Waals surface area contributed by atoms with E-state index in [1.165, 1.54) is 6.08 Å². The van der Waals surface area contributed by atoms with E-state index in [1.807, 2.05) is 98.0 Å². The van der Waals surface area contributed by atoms with E-state index in [4.69, 9.17) is 23.7 Å². The van der Waals surface area contributed by atoms with Gasteiger partial charge in [0.25, 0.3) is 0 Å². The number of carbonyl (C=O) groups excluding carboxylic acids is 2. The van der Waals surface area contributed by atoms with Gasteiger partial charge >= 0.3 is 12.1 Å². The molecule has 4 aliphatic rings. The predicted octanol–water partition coefficient (Wildman–Crippen LogP) is 5.39. The van der Waals surface area contributed by atoms with Crippen molar-refractivity contribution in [2.75, 3.05) is 6.61 Å². The van der Waals surface area contributed by atoms with Crippen LogP contribution in [0.3, 0.4) is 0 Å². The molecule has 1 aliphatic carbocycles. The van der Waals surface area contributed by atoms with Crippen LogP contribution >= 0.6 is 0 Å². The van der Waals surface area contributed by atoms with E-state index in [0.717, 1.165) is 22.3 Å². The summed E-state index contributed by atoms with van der Waals surface area (Å²) in [6.07, 6.45) is 6.06. The molecule has 0 aromatic heterocycles. The Morgan fingerprint density at radius 1 is 0.667 bits per heavy atom. The summed E-state index contributed by atoms with van der Waals surface area (Å²) in [6.45, 7) is 10.7. The lowest BCUT2D eigenvalue weighted by Crippen LogP contribution is -2.64. The van der Waals surface area contributed by atoms with Crippen molar-refractivity contribution >= 4 is 12.1 Å². The largest absolute Gasteiger partial charge is 0.462 e. The van der Waals surface area contributed by atoms with Crippen molar-refractivity contribution in [2.24, 2.45) is 17.8 Å². The predicted molar refractivity (Wildman–Crippen MR) is 304 cm³/mol. The number of cyclic esters (lactones) is 1. The van der Waals surface area contributed by atoms with Gasteiger partial charge in [0.1, 0.15) is 24.9 Å². The van der Waals surface area contributed by atoms with Crippen molar-refractivity contribution in [3.8, 4) is 11.1 Å². The molecular weight excluding hydrogens is 1040 g/mol. The fourth-order valence-electron chi connectivity index (χ4n) is 10.9.